The summed E-state index contributed by atoms with van der Waals surface area (Å²) in [5, 5.41) is 14.7. The van der Waals surface area contributed by atoms with Gasteiger partial charge in [-0.15, -0.1) is 5.10 Å². The van der Waals surface area contributed by atoms with E-state index in [-0.39, 0.29) is 17.5 Å². The van der Waals surface area contributed by atoms with Crippen LogP contribution in [0.4, 0.5) is 6.01 Å². The first-order chi connectivity index (χ1) is 12.1. The van der Waals surface area contributed by atoms with Crippen LogP contribution < -0.4 is 10.9 Å². The first kappa shape index (κ1) is 14.8. The molecule has 0 aliphatic heterocycles. The molecule has 0 spiro atoms. The van der Waals surface area contributed by atoms with E-state index in [1.54, 1.807) is 48.3 Å². The van der Waals surface area contributed by atoms with Crippen molar-refractivity contribution in [3.63, 3.8) is 0 Å². The summed E-state index contributed by atoms with van der Waals surface area (Å²) < 4.78 is 12.1. The fourth-order valence-corrected chi connectivity index (χ4v) is 2.29. The average Bonchev–Trinajstić information content (AvgIpc) is 3.23. The molecule has 4 aromatic rings. The van der Waals surface area contributed by atoms with Crippen LogP contribution in [0.5, 0.6) is 0 Å². The van der Waals surface area contributed by atoms with Crippen LogP contribution in [0.25, 0.3) is 22.6 Å². The normalized spacial score (nSPS) is 10.9. The Balaban J connectivity index is 1.61. The van der Waals surface area contributed by atoms with Gasteiger partial charge in [-0.2, -0.15) is 5.10 Å². The van der Waals surface area contributed by atoms with E-state index >= 15 is 0 Å². The SMILES string of the molecule is Cn1ccc(-c2nnc(NC(=O)c3cc4ccccc4oc3=O)o2)n1. The summed E-state index contributed by atoms with van der Waals surface area (Å²) in [5.41, 5.74) is -0.0306. The maximum Gasteiger partial charge on any atom is 0.349 e. The van der Waals surface area contributed by atoms with Crippen molar-refractivity contribution in [2.75, 3.05) is 5.32 Å². The number of nitrogens with zero attached hydrogens (tertiary/aromatic N) is 4. The molecule has 0 fully saturated rings. The molecule has 3 aromatic heterocycles. The average molecular weight is 337 g/mol. The lowest BCUT2D eigenvalue weighted by Crippen LogP contribution is -2.20. The molecule has 124 valence electrons. The van der Waals surface area contributed by atoms with E-state index in [1.165, 1.54) is 6.07 Å². The summed E-state index contributed by atoms with van der Waals surface area (Å²) in [5.74, 6) is -0.544. The third kappa shape index (κ3) is 2.78. The largest absolute Gasteiger partial charge is 0.422 e. The summed E-state index contributed by atoms with van der Waals surface area (Å²) in [4.78, 5) is 24.3. The minimum Gasteiger partial charge on any atom is -0.422 e. The molecule has 1 N–H and O–H groups in total. The Morgan fingerprint density at radius 3 is 2.80 bits per heavy atom. The molecule has 0 aliphatic rings. The van der Waals surface area contributed by atoms with Gasteiger partial charge in [-0.05, 0) is 18.2 Å². The van der Waals surface area contributed by atoms with Crippen molar-refractivity contribution in [2.24, 2.45) is 7.05 Å². The number of amides is 1. The van der Waals surface area contributed by atoms with E-state index in [0.29, 0.717) is 16.7 Å². The fraction of sp³-hybridized carbons (Fsp3) is 0.0625. The van der Waals surface area contributed by atoms with E-state index in [2.05, 4.69) is 20.6 Å². The lowest BCUT2D eigenvalue weighted by atomic mass is 10.2. The Morgan fingerprint density at radius 1 is 1.16 bits per heavy atom. The summed E-state index contributed by atoms with van der Waals surface area (Å²) in [7, 11) is 1.75. The van der Waals surface area contributed by atoms with Gasteiger partial charge in [0.2, 0.25) is 0 Å². The van der Waals surface area contributed by atoms with Gasteiger partial charge in [0, 0.05) is 18.6 Å². The zero-order valence-corrected chi connectivity index (χ0v) is 13.0. The number of aryl methyl sites for hydroxylation is 1. The van der Waals surface area contributed by atoms with Gasteiger partial charge in [-0.25, -0.2) is 4.79 Å². The molecule has 9 heteroatoms. The first-order valence-electron chi connectivity index (χ1n) is 7.28. The van der Waals surface area contributed by atoms with E-state index < -0.39 is 11.5 Å². The maximum atomic E-state index is 12.3. The zero-order chi connectivity index (χ0) is 17.4. The highest BCUT2D eigenvalue weighted by Crippen LogP contribution is 2.18. The van der Waals surface area contributed by atoms with Crippen LogP contribution in [0.15, 0.2) is 56.2 Å². The monoisotopic (exact) mass is 337 g/mol. The Bertz CT molecular complexity index is 1140. The molecule has 0 aliphatic carbocycles. The number of aromatic nitrogens is 4. The van der Waals surface area contributed by atoms with Crippen molar-refractivity contribution in [1.29, 1.82) is 0 Å². The standard InChI is InChI=1S/C16H11N5O4/c1-21-7-6-11(20-21)14-18-19-16(25-14)17-13(22)10-8-9-4-2-3-5-12(9)24-15(10)23/h2-8H,1H3,(H,17,19,22). The third-order valence-electron chi connectivity index (χ3n) is 3.46. The van der Waals surface area contributed by atoms with E-state index in [1.807, 2.05) is 0 Å². The Hall–Kier alpha value is -3.75. The minimum atomic E-state index is -0.749. The number of benzene rings is 1. The van der Waals surface area contributed by atoms with Crippen LogP contribution in [-0.2, 0) is 7.05 Å². The summed E-state index contributed by atoms with van der Waals surface area (Å²) in [6.45, 7) is 0. The predicted molar refractivity (Wildman–Crippen MR) is 86.9 cm³/mol. The topological polar surface area (TPSA) is 116 Å². The van der Waals surface area contributed by atoms with Crippen LogP contribution in [0.3, 0.4) is 0 Å². The van der Waals surface area contributed by atoms with Crippen LogP contribution in [0, 0.1) is 0 Å². The van der Waals surface area contributed by atoms with Crippen LogP contribution in [-0.4, -0.2) is 25.9 Å². The van der Waals surface area contributed by atoms with Crippen molar-refractivity contribution in [2.45, 2.75) is 0 Å². The Morgan fingerprint density at radius 2 is 2.00 bits per heavy atom. The molecule has 4 rings (SSSR count). The number of para-hydroxylation sites is 1. The highest BCUT2D eigenvalue weighted by molar-refractivity contribution is 6.04. The Kier molecular flexibility index (Phi) is 3.38. The van der Waals surface area contributed by atoms with Gasteiger partial charge in [0.05, 0.1) is 0 Å². The summed E-state index contributed by atoms with van der Waals surface area (Å²) in [6, 6.07) is 9.90. The maximum absolute atomic E-state index is 12.3. The molecule has 0 atom stereocenters. The van der Waals surface area contributed by atoms with Gasteiger partial charge < -0.3 is 8.83 Å². The van der Waals surface area contributed by atoms with E-state index in [4.69, 9.17) is 8.83 Å². The summed E-state index contributed by atoms with van der Waals surface area (Å²) >= 11 is 0. The molecule has 9 nitrogen and oxygen atoms in total. The number of carbonyl (C=O) groups is 1. The first-order valence-corrected chi connectivity index (χ1v) is 7.28. The molecule has 3 heterocycles. The minimum absolute atomic E-state index is 0.141. The van der Waals surface area contributed by atoms with E-state index in [9.17, 15) is 9.59 Å². The molecule has 0 radical (unpaired) electrons. The highest BCUT2D eigenvalue weighted by Gasteiger charge is 2.18. The van der Waals surface area contributed by atoms with Crippen molar-refractivity contribution in [3.8, 4) is 11.6 Å². The lowest BCUT2D eigenvalue weighted by molar-refractivity contribution is 0.102. The van der Waals surface area contributed by atoms with Gasteiger partial charge in [-0.1, -0.05) is 23.3 Å². The molecule has 0 saturated heterocycles. The third-order valence-corrected chi connectivity index (χ3v) is 3.46. The van der Waals surface area contributed by atoms with Gasteiger partial charge in [0.1, 0.15) is 16.8 Å². The number of carbonyl (C=O) groups excluding carboxylic acids is 1. The molecule has 1 aromatic carbocycles. The van der Waals surface area contributed by atoms with E-state index in [0.717, 1.165) is 0 Å². The highest BCUT2D eigenvalue weighted by atomic mass is 16.4. The fourth-order valence-electron chi connectivity index (χ4n) is 2.29. The predicted octanol–water partition coefficient (Wildman–Crippen LogP) is 1.83. The number of hydrogen-bond acceptors (Lipinski definition) is 7. The number of rotatable bonds is 3. The van der Waals surface area contributed by atoms with Gasteiger partial charge in [-0.3, -0.25) is 14.8 Å². The lowest BCUT2D eigenvalue weighted by Gasteiger charge is -2.01. The zero-order valence-electron chi connectivity index (χ0n) is 13.0. The number of hydrogen-bond donors (Lipinski definition) is 1. The molecule has 25 heavy (non-hydrogen) atoms. The second kappa shape index (κ2) is 5.71. The van der Waals surface area contributed by atoms with Crippen molar-refractivity contribution in [3.05, 3.63) is 58.6 Å². The molecular weight excluding hydrogens is 326 g/mol. The van der Waals surface area contributed by atoms with Gasteiger partial charge in [0.15, 0.2) is 0 Å². The Labute approximate surface area is 139 Å². The van der Waals surface area contributed by atoms with Crippen molar-refractivity contribution >= 4 is 22.9 Å². The quantitative estimate of drug-likeness (QED) is 0.567. The number of nitrogens with one attached hydrogen (secondary N) is 1. The molecule has 1 amide bonds. The van der Waals surface area contributed by atoms with Gasteiger partial charge >= 0.3 is 11.6 Å². The molecular formula is C16H11N5O4. The molecule has 0 saturated carbocycles. The van der Waals surface area contributed by atoms with Crippen molar-refractivity contribution in [1.82, 2.24) is 20.0 Å². The van der Waals surface area contributed by atoms with Crippen molar-refractivity contribution < 1.29 is 13.6 Å². The second-order valence-corrected chi connectivity index (χ2v) is 5.23. The number of anilines is 1. The number of fused-ring (bicyclic) bond motifs is 1. The van der Waals surface area contributed by atoms with Crippen LogP contribution >= 0.6 is 0 Å². The smallest absolute Gasteiger partial charge is 0.349 e. The molecule has 0 bridgehead atoms. The summed E-state index contributed by atoms with van der Waals surface area (Å²) in [6.07, 6.45) is 1.72. The second-order valence-electron chi connectivity index (χ2n) is 5.23. The van der Waals surface area contributed by atoms with Gasteiger partial charge in [0.25, 0.3) is 11.8 Å². The van der Waals surface area contributed by atoms with Crippen LogP contribution in [0.2, 0.25) is 0 Å². The molecule has 0 unspecified atom stereocenters. The van der Waals surface area contributed by atoms with Crippen LogP contribution in [0.1, 0.15) is 10.4 Å².